The van der Waals surface area contributed by atoms with E-state index in [0.717, 1.165) is 10.0 Å². The van der Waals surface area contributed by atoms with Gasteiger partial charge >= 0.3 is 0 Å². The summed E-state index contributed by atoms with van der Waals surface area (Å²) in [6, 6.07) is 7.66. The van der Waals surface area contributed by atoms with E-state index in [1.165, 1.54) is 0 Å². The zero-order valence-electron chi connectivity index (χ0n) is 8.37. The minimum atomic E-state index is -0.0125. The molecule has 0 saturated carbocycles. The van der Waals surface area contributed by atoms with E-state index in [4.69, 9.17) is 5.11 Å². The second kappa shape index (κ2) is 6.58. The van der Waals surface area contributed by atoms with Gasteiger partial charge in [-0.05, 0) is 24.1 Å². The topological polar surface area (TPSA) is 49.3 Å². The molecule has 1 rings (SSSR count). The van der Waals surface area contributed by atoms with Crippen molar-refractivity contribution in [1.82, 2.24) is 5.32 Å². The summed E-state index contributed by atoms with van der Waals surface area (Å²) in [4.78, 5) is 11.4. The lowest BCUT2D eigenvalue weighted by molar-refractivity contribution is -0.120. The Morgan fingerprint density at radius 2 is 2.27 bits per heavy atom. The molecule has 0 aromatic heterocycles. The van der Waals surface area contributed by atoms with Crippen molar-refractivity contribution in [1.29, 1.82) is 0 Å². The number of nitrogens with one attached hydrogen (secondary N) is 1. The second-order valence-corrected chi connectivity index (χ2v) is 4.15. The fourth-order valence-electron chi connectivity index (χ4n) is 1.20. The SMILES string of the molecule is O=C(Cc1cccc(Br)c1)NCCCO. The molecule has 0 spiro atoms. The van der Waals surface area contributed by atoms with Crippen LogP contribution in [0.25, 0.3) is 0 Å². The summed E-state index contributed by atoms with van der Waals surface area (Å²) in [7, 11) is 0. The maximum atomic E-state index is 11.4. The van der Waals surface area contributed by atoms with Crippen molar-refractivity contribution in [3.05, 3.63) is 34.3 Å². The van der Waals surface area contributed by atoms with Gasteiger partial charge in [0, 0.05) is 17.6 Å². The number of hydrogen-bond acceptors (Lipinski definition) is 2. The van der Waals surface area contributed by atoms with Crippen molar-refractivity contribution in [2.24, 2.45) is 0 Å². The standard InChI is InChI=1S/C11H14BrNO2/c12-10-4-1-3-9(7-10)8-11(15)13-5-2-6-14/h1,3-4,7,14H,2,5-6,8H2,(H,13,15). The van der Waals surface area contributed by atoms with Crippen molar-refractivity contribution in [3.63, 3.8) is 0 Å². The lowest BCUT2D eigenvalue weighted by Gasteiger charge is -2.04. The maximum Gasteiger partial charge on any atom is 0.224 e. The van der Waals surface area contributed by atoms with Gasteiger partial charge in [0.15, 0.2) is 0 Å². The average Bonchev–Trinajstić information content (AvgIpc) is 2.18. The highest BCUT2D eigenvalue weighted by Gasteiger charge is 2.02. The second-order valence-electron chi connectivity index (χ2n) is 3.23. The van der Waals surface area contributed by atoms with Crippen molar-refractivity contribution >= 4 is 21.8 Å². The Kier molecular flexibility index (Phi) is 5.36. The minimum Gasteiger partial charge on any atom is -0.396 e. The summed E-state index contributed by atoms with van der Waals surface area (Å²) in [5, 5.41) is 11.3. The molecule has 0 bridgehead atoms. The third-order valence-corrected chi connectivity index (χ3v) is 2.40. The zero-order valence-corrected chi connectivity index (χ0v) is 9.96. The number of carbonyl (C=O) groups excluding carboxylic acids is 1. The summed E-state index contributed by atoms with van der Waals surface area (Å²) in [6.07, 6.45) is 0.981. The van der Waals surface area contributed by atoms with Gasteiger partial charge in [-0.1, -0.05) is 28.1 Å². The Bertz CT molecular complexity index is 328. The van der Waals surface area contributed by atoms with Crippen LogP contribution in [-0.4, -0.2) is 24.2 Å². The van der Waals surface area contributed by atoms with E-state index in [1.807, 2.05) is 24.3 Å². The molecule has 0 radical (unpaired) electrons. The number of halogens is 1. The summed E-state index contributed by atoms with van der Waals surface area (Å²) in [6.45, 7) is 0.639. The minimum absolute atomic E-state index is 0.0125. The first kappa shape index (κ1) is 12.2. The van der Waals surface area contributed by atoms with Gasteiger partial charge in [-0.2, -0.15) is 0 Å². The Morgan fingerprint density at radius 1 is 1.47 bits per heavy atom. The van der Waals surface area contributed by atoms with E-state index in [1.54, 1.807) is 0 Å². The number of amides is 1. The predicted octanol–water partition coefficient (Wildman–Crippen LogP) is 1.49. The maximum absolute atomic E-state index is 11.4. The highest BCUT2D eigenvalue weighted by molar-refractivity contribution is 9.10. The van der Waals surface area contributed by atoms with Gasteiger partial charge in [0.25, 0.3) is 0 Å². The van der Waals surface area contributed by atoms with Crippen LogP contribution >= 0.6 is 15.9 Å². The van der Waals surface area contributed by atoms with E-state index in [2.05, 4.69) is 21.2 Å². The summed E-state index contributed by atoms with van der Waals surface area (Å²) in [5.74, 6) is -0.0125. The lowest BCUT2D eigenvalue weighted by atomic mass is 10.1. The molecule has 0 aliphatic rings. The highest BCUT2D eigenvalue weighted by Crippen LogP contribution is 2.11. The van der Waals surface area contributed by atoms with Crippen LogP contribution in [0.3, 0.4) is 0 Å². The molecule has 1 aromatic carbocycles. The van der Waals surface area contributed by atoms with Gasteiger partial charge in [-0.3, -0.25) is 4.79 Å². The highest BCUT2D eigenvalue weighted by atomic mass is 79.9. The van der Waals surface area contributed by atoms with Crippen molar-refractivity contribution in [2.45, 2.75) is 12.8 Å². The van der Waals surface area contributed by atoms with Crippen LogP contribution in [0.2, 0.25) is 0 Å². The largest absolute Gasteiger partial charge is 0.396 e. The molecule has 0 aliphatic heterocycles. The first-order chi connectivity index (χ1) is 7.22. The molecule has 2 N–H and O–H groups in total. The quantitative estimate of drug-likeness (QED) is 0.798. The van der Waals surface area contributed by atoms with Crippen LogP contribution in [0, 0.1) is 0 Å². The van der Waals surface area contributed by atoms with E-state index in [9.17, 15) is 4.79 Å². The Labute approximate surface area is 97.6 Å². The molecule has 1 aromatic rings. The number of aliphatic hydroxyl groups excluding tert-OH is 1. The molecular formula is C11H14BrNO2. The third-order valence-electron chi connectivity index (χ3n) is 1.91. The molecule has 3 nitrogen and oxygen atoms in total. The molecule has 4 heteroatoms. The molecule has 15 heavy (non-hydrogen) atoms. The summed E-state index contributed by atoms with van der Waals surface area (Å²) >= 11 is 3.35. The Morgan fingerprint density at radius 3 is 2.93 bits per heavy atom. The molecule has 1 amide bonds. The van der Waals surface area contributed by atoms with Crippen LogP contribution in [0.5, 0.6) is 0 Å². The zero-order chi connectivity index (χ0) is 11.1. The summed E-state index contributed by atoms with van der Waals surface area (Å²) < 4.78 is 0.975. The van der Waals surface area contributed by atoms with Crippen LogP contribution < -0.4 is 5.32 Å². The monoisotopic (exact) mass is 271 g/mol. The molecule has 0 unspecified atom stereocenters. The van der Waals surface area contributed by atoms with Gasteiger partial charge in [-0.15, -0.1) is 0 Å². The van der Waals surface area contributed by atoms with E-state index < -0.39 is 0 Å². The van der Waals surface area contributed by atoms with Crippen molar-refractivity contribution < 1.29 is 9.90 Å². The average molecular weight is 272 g/mol. The van der Waals surface area contributed by atoms with Gasteiger partial charge in [0.05, 0.1) is 6.42 Å². The van der Waals surface area contributed by atoms with Gasteiger partial charge in [0.2, 0.25) is 5.91 Å². The molecular weight excluding hydrogens is 258 g/mol. The Hall–Kier alpha value is -0.870. The Balaban J connectivity index is 2.37. The number of rotatable bonds is 5. The van der Waals surface area contributed by atoms with Crippen LogP contribution in [0.4, 0.5) is 0 Å². The van der Waals surface area contributed by atoms with Crippen LogP contribution in [0.15, 0.2) is 28.7 Å². The molecule has 0 aliphatic carbocycles. The fraction of sp³-hybridized carbons (Fsp3) is 0.364. The number of aliphatic hydroxyl groups is 1. The molecule has 0 atom stereocenters. The number of carbonyl (C=O) groups is 1. The lowest BCUT2D eigenvalue weighted by Crippen LogP contribution is -2.26. The predicted molar refractivity (Wildman–Crippen MR) is 62.6 cm³/mol. The number of hydrogen-bond donors (Lipinski definition) is 2. The molecule has 0 heterocycles. The van der Waals surface area contributed by atoms with E-state index in [-0.39, 0.29) is 12.5 Å². The fourth-order valence-corrected chi connectivity index (χ4v) is 1.65. The van der Waals surface area contributed by atoms with Gasteiger partial charge in [-0.25, -0.2) is 0 Å². The first-order valence-electron chi connectivity index (χ1n) is 4.84. The first-order valence-corrected chi connectivity index (χ1v) is 5.63. The van der Waals surface area contributed by atoms with Crippen LogP contribution in [-0.2, 0) is 11.2 Å². The molecule has 0 fully saturated rings. The van der Waals surface area contributed by atoms with Crippen molar-refractivity contribution in [2.75, 3.05) is 13.2 Å². The van der Waals surface area contributed by atoms with E-state index >= 15 is 0 Å². The normalized spacial score (nSPS) is 10.0. The van der Waals surface area contributed by atoms with Crippen molar-refractivity contribution in [3.8, 4) is 0 Å². The van der Waals surface area contributed by atoms with E-state index in [0.29, 0.717) is 19.4 Å². The van der Waals surface area contributed by atoms with Gasteiger partial charge < -0.3 is 10.4 Å². The van der Waals surface area contributed by atoms with Gasteiger partial charge in [0.1, 0.15) is 0 Å². The van der Waals surface area contributed by atoms with Crippen LogP contribution in [0.1, 0.15) is 12.0 Å². The molecule has 82 valence electrons. The smallest absolute Gasteiger partial charge is 0.224 e. The molecule has 0 saturated heterocycles. The number of benzene rings is 1. The third kappa shape index (κ3) is 4.95. The summed E-state index contributed by atoms with van der Waals surface area (Å²) in [5.41, 5.74) is 0.978.